The number of anilines is 2. The second-order valence-electron chi connectivity index (χ2n) is 9.66. The van der Waals surface area contributed by atoms with Crippen LogP contribution in [0.1, 0.15) is 40.0 Å². The molecule has 0 spiro atoms. The van der Waals surface area contributed by atoms with Crippen molar-refractivity contribution in [2.45, 2.75) is 25.7 Å². The van der Waals surface area contributed by atoms with Gasteiger partial charge in [0.25, 0.3) is 11.5 Å². The first-order valence-corrected chi connectivity index (χ1v) is 13.1. The van der Waals surface area contributed by atoms with E-state index in [0.29, 0.717) is 13.1 Å². The van der Waals surface area contributed by atoms with Gasteiger partial charge in [0, 0.05) is 55.2 Å². The largest absolute Gasteiger partial charge is 0.416 e. The fourth-order valence-corrected chi connectivity index (χ4v) is 5.20. The summed E-state index contributed by atoms with van der Waals surface area (Å²) in [6.07, 6.45) is -3.34. The number of amides is 1. The van der Waals surface area contributed by atoms with Crippen molar-refractivity contribution in [3.8, 4) is 0 Å². The van der Waals surface area contributed by atoms with Gasteiger partial charge in [-0.25, -0.2) is 4.39 Å². The van der Waals surface area contributed by atoms with Crippen molar-refractivity contribution in [1.29, 1.82) is 0 Å². The van der Waals surface area contributed by atoms with E-state index in [9.17, 15) is 27.2 Å². The maximum atomic E-state index is 14.0. The van der Waals surface area contributed by atoms with Crippen LogP contribution in [0.5, 0.6) is 0 Å². The van der Waals surface area contributed by atoms with Gasteiger partial charge in [-0.1, -0.05) is 29.3 Å². The van der Waals surface area contributed by atoms with Crippen LogP contribution in [0.3, 0.4) is 0 Å². The van der Waals surface area contributed by atoms with Crippen molar-refractivity contribution in [3.05, 3.63) is 91.1 Å². The molecule has 0 saturated carbocycles. The average molecular weight is 600 g/mol. The van der Waals surface area contributed by atoms with Crippen molar-refractivity contribution < 1.29 is 22.4 Å². The highest BCUT2D eigenvalue weighted by Gasteiger charge is 2.34. The van der Waals surface area contributed by atoms with E-state index >= 15 is 0 Å². The number of hydrogen-bond donors (Lipinski definition) is 3. The van der Waals surface area contributed by atoms with E-state index in [0.717, 1.165) is 25.2 Å². The van der Waals surface area contributed by atoms with Gasteiger partial charge in [0.1, 0.15) is 11.4 Å². The van der Waals surface area contributed by atoms with E-state index in [1.807, 2.05) is 11.9 Å². The maximum Gasteiger partial charge on any atom is 0.416 e. The van der Waals surface area contributed by atoms with Crippen molar-refractivity contribution in [3.63, 3.8) is 0 Å². The molecule has 214 valence electrons. The number of aromatic nitrogens is 1. The van der Waals surface area contributed by atoms with Crippen LogP contribution in [0.15, 0.2) is 47.4 Å². The second-order valence-corrected chi connectivity index (χ2v) is 10.4. The Kier molecular flexibility index (Phi) is 9.09. The van der Waals surface area contributed by atoms with Crippen LogP contribution < -0.4 is 16.2 Å². The minimum Gasteiger partial charge on any atom is -0.377 e. The number of carbonyl (C=O) groups excluding carboxylic acids is 1. The number of likely N-dealkylation sites (N-methyl/N-ethyl adjacent to an activating group) is 1. The Hall–Kier alpha value is -3.12. The number of carbonyl (C=O) groups is 1. The quantitative estimate of drug-likeness (QED) is 0.229. The Morgan fingerprint density at radius 1 is 1.07 bits per heavy atom. The minimum absolute atomic E-state index is 0.0998. The first-order chi connectivity index (χ1) is 18.8. The molecule has 1 fully saturated rings. The van der Waals surface area contributed by atoms with Gasteiger partial charge in [-0.05, 0) is 49.9 Å². The summed E-state index contributed by atoms with van der Waals surface area (Å²) in [5, 5.41) is 5.42. The summed E-state index contributed by atoms with van der Waals surface area (Å²) in [7, 11) is 1.96. The molecule has 2 aromatic carbocycles. The maximum absolute atomic E-state index is 14.0. The van der Waals surface area contributed by atoms with E-state index in [2.05, 4.69) is 20.5 Å². The topological polar surface area (TPSA) is 80.5 Å². The highest BCUT2D eigenvalue weighted by Crippen LogP contribution is 2.35. The standard InChI is InChI=1S/C27H27Cl2F4N5O2/c1-15(23-21(28)5-6-22(30)24(23)29)35-18-11-19(25(39)34-13-18)26(40)36-17-4-3-16(20(12-17)27(31,32)33)14-38-9-7-37(2)8-10-38/h3-6,11-13,15,35H,7-10,14H2,1-2H3,(H,34,39)(H,36,40)/t15-/m1/s1. The molecule has 1 aliphatic rings. The zero-order valence-electron chi connectivity index (χ0n) is 21.6. The number of alkyl halides is 3. The van der Waals surface area contributed by atoms with Crippen molar-refractivity contribution in [2.75, 3.05) is 43.9 Å². The normalized spacial score (nSPS) is 15.6. The van der Waals surface area contributed by atoms with Crippen LogP contribution in [0.25, 0.3) is 0 Å². The van der Waals surface area contributed by atoms with E-state index in [4.69, 9.17) is 23.2 Å². The third-order valence-corrected chi connectivity index (χ3v) is 7.42. The monoisotopic (exact) mass is 599 g/mol. The molecule has 1 amide bonds. The van der Waals surface area contributed by atoms with Crippen LogP contribution in [-0.2, 0) is 12.7 Å². The average Bonchev–Trinajstić information content (AvgIpc) is 2.89. The lowest BCUT2D eigenvalue weighted by Gasteiger charge is -2.33. The van der Waals surface area contributed by atoms with Gasteiger partial charge in [0.15, 0.2) is 0 Å². The minimum atomic E-state index is -4.64. The smallest absolute Gasteiger partial charge is 0.377 e. The number of hydrogen-bond acceptors (Lipinski definition) is 5. The van der Waals surface area contributed by atoms with E-state index in [-0.39, 0.29) is 44.7 Å². The van der Waals surface area contributed by atoms with Crippen molar-refractivity contribution in [2.24, 2.45) is 0 Å². The molecule has 1 atom stereocenters. The molecule has 0 bridgehead atoms. The number of nitrogens with zero attached hydrogens (tertiary/aromatic N) is 2. The number of piperazine rings is 1. The molecule has 0 unspecified atom stereocenters. The van der Waals surface area contributed by atoms with Gasteiger partial charge in [-0.3, -0.25) is 14.5 Å². The third kappa shape index (κ3) is 6.95. The highest BCUT2D eigenvalue weighted by molar-refractivity contribution is 6.36. The summed E-state index contributed by atoms with van der Waals surface area (Å²) >= 11 is 12.2. The molecule has 40 heavy (non-hydrogen) atoms. The van der Waals surface area contributed by atoms with Crippen LogP contribution in [0.4, 0.5) is 28.9 Å². The summed E-state index contributed by atoms with van der Waals surface area (Å²) in [5.41, 5.74) is -1.41. The molecular formula is C27H27Cl2F4N5O2. The highest BCUT2D eigenvalue weighted by atomic mass is 35.5. The van der Waals surface area contributed by atoms with Gasteiger partial charge in [0.2, 0.25) is 0 Å². The zero-order valence-corrected chi connectivity index (χ0v) is 23.1. The lowest BCUT2D eigenvalue weighted by molar-refractivity contribution is -0.138. The second kappa shape index (κ2) is 12.2. The number of nitrogens with one attached hydrogen (secondary N) is 3. The number of halogens is 6. The number of rotatable bonds is 7. The molecule has 0 radical (unpaired) electrons. The van der Waals surface area contributed by atoms with Crippen LogP contribution in [0.2, 0.25) is 10.0 Å². The number of benzene rings is 2. The van der Waals surface area contributed by atoms with Crippen LogP contribution in [-0.4, -0.2) is 53.9 Å². The van der Waals surface area contributed by atoms with Crippen molar-refractivity contribution in [1.82, 2.24) is 14.8 Å². The van der Waals surface area contributed by atoms with E-state index < -0.39 is 35.1 Å². The molecule has 13 heteroatoms. The fourth-order valence-electron chi connectivity index (χ4n) is 4.50. The first kappa shape index (κ1) is 29.9. The van der Waals surface area contributed by atoms with E-state index in [1.165, 1.54) is 30.5 Å². The number of pyridine rings is 1. The SMILES string of the molecule is C[C@@H](Nc1c[nH]c(=O)c(C(=O)Nc2ccc(CN3CCN(C)CC3)c(C(F)(F)F)c2)c1)c1c(Cl)ccc(F)c1Cl. The van der Waals surface area contributed by atoms with Crippen LogP contribution >= 0.6 is 23.2 Å². The summed E-state index contributed by atoms with van der Waals surface area (Å²) < 4.78 is 55.7. The van der Waals surface area contributed by atoms with Crippen LogP contribution in [0, 0.1) is 5.82 Å². The number of H-pyrrole nitrogens is 1. The Bertz CT molecular complexity index is 1460. The van der Waals surface area contributed by atoms with Gasteiger partial charge in [-0.2, -0.15) is 13.2 Å². The van der Waals surface area contributed by atoms with E-state index in [1.54, 1.807) is 6.92 Å². The molecule has 0 aliphatic carbocycles. The summed E-state index contributed by atoms with van der Waals surface area (Å²) in [4.78, 5) is 31.8. The summed E-state index contributed by atoms with van der Waals surface area (Å²) in [6.45, 7) is 4.60. The molecule has 1 saturated heterocycles. The lowest BCUT2D eigenvalue weighted by Crippen LogP contribution is -2.44. The Balaban J connectivity index is 1.53. The van der Waals surface area contributed by atoms with Crippen molar-refractivity contribution >= 4 is 40.5 Å². The molecule has 3 N–H and O–H groups in total. The first-order valence-electron chi connectivity index (χ1n) is 12.4. The lowest BCUT2D eigenvalue weighted by atomic mass is 10.0. The molecule has 2 heterocycles. The van der Waals surface area contributed by atoms with Gasteiger partial charge in [-0.15, -0.1) is 0 Å². The van der Waals surface area contributed by atoms with Gasteiger partial charge in [0.05, 0.1) is 22.3 Å². The third-order valence-electron chi connectivity index (χ3n) is 6.71. The Labute approximate surface area is 238 Å². The Morgan fingerprint density at radius 2 is 1.77 bits per heavy atom. The summed E-state index contributed by atoms with van der Waals surface area (Å²) in [6, 6.07) is 6.69. The fraction of sp³-hybridized carbons (Fsp3) is 0.333. The molecule has 7 nitrogen and oxygen atoms in total. The van der Waals surface area contributed by atoms with Gasteiger partial charge >= 0.3 is 6.18 Å². The molecule has 4 rings (SSSR count). The zero-order chi connectivity index (χ0) is 29.2. The molecule has 1 aromatic heterocycles. The molecular weight excluding hydrogens is 573 g/mol. The Morgan fingerprint density at radius 3 is 2.45 bits per heavy atom. The predicted molar refractivity (Wildman–Crippen MR) is 148 cm³/mol. The predicted octanol–water partition coefficient (Wildman–Crippen LogP) is 6.01. The molecule has 3 aromatic rings. The van der Waals surface area contributed by atoms with Gasteiger partial charge < -0.3 is 20.5 Å². The number of aromatic amines is 1. The molecule has 1 aliphatic heterocycles. The summed E-state index contributed by atoms with van der Waals surface area (Å²) in [5.74, 6) is -1.57.